The average molecular weight is 1700 g/mol. The van der Waals surface area contributed by atoms with E-state index in [4.69, 9.17) is 54.1 Å². The zero-order valence-corrected chi connectivity index (χ0v) is 70.3. The first-order valence-corrected chi connectivity index (χ1v) is 43.5. The van der Waals surface area contributed by atoms with Crippen LogP contribution < -0.4 is 0 Å². The van der Waals surface area contributed by atoms with Gasteiger partial charge in [0.25, 0.3) is 0 Å². The molecule has 0 aliphatic rings. The maximum atomic E-state index is 5.40. The highest BCUT2D eigenvalue weighted by atomic mass is 32.1. The first-order chi connectivity index (χ1) is 64.9. The number of nitrogens with zero attached hydrogens (tertiary/aromatic N) is 16. The topological polar surface area (TPSA) is 233 Å². The summed E-state index contributed by atoms with van der Waals surface area (Å²) >= 11 is 1.24. The molecule has 0 fully saturated rings. The number of aromatic nitrogens is 16. The minimum atomic E-state index is 0.595. The predicted molar refractivity (Wildman–Crippen MR) is 524 cm³/mol. The van der Waals surface area contributed by atoms with Crippen LogP contribution in [0.1, 0.15) is 0 Å². The molecule has 10 aromatic heterocycles. The molecule has 26 aromatic rings. The summed E-state index contributed by atoms with van der Waals surface area (Å²) < 4.78 is 19.9. The maximum Gasteiger partial charge on any atom is 0.164 e. The average Bonchev–Trinajstić information content (AvgIpc) is 1.73. The molecule has 131 heavy (non-hydrogen) atoms. The van der Waals surface area contributed by atoms with Gasteiger partial charge < -0.3 is 0 Å². The summed E-state index contributed by atoms with van der Waals surface area (Å²) in [5.41, 5.74) is 28.1. The lowest BCUT2D eigenvalue weighted by Crippen LogP contribution is -2.00. The smallest absolute Gasteiger partial charge is 0.164 e. The van der Waals surface area contributed by atoms with Crippen molar-refractivity contribution in [3.63, 3.8) is 0 Å². The molecule has 16 aromatic carbocycles. The van der Waals surface area contributed by atoms with Crippen LogP contribution >= 0.6 is 11.7 Å². The first-order valence-electron chi connectivity index (χ1n) is 42.8. The van der Waals surface area contributed by atoms with Crippen LogP contribution in [0.5, 0.6) is 0 Å². The summed E-state index contributed by atoms with van der Waals surface area (Å²) in [6.45, 7) is 0. The molecule has 0 atom stereocenters. The van der Waals surface area contributed by atoms with Crippen molar-refractivity contribution < 1.29 is 9.26 Å². The summed E-state index contributed by atoms with van der Waals surface area (Å²) in [4.78, 5) is 49.6. The minimum Gasteiger partial charge on any atom is -0.254 e. The van der Waals surface area contributed by atoms with Crippen molar-refractivity contribution in [2.45, 2.75) is 0 Å². The Morgan fingerprint density at radius 3 is 1.08 bits per heavy atom. The van der Waals surface area contributed by atoms with Gasteiger partial charge in [-0.2, -0.15) is 8.75 Å². The van der Waals surface area contributed by atoms with Crippen molar-refractivity contribution in [1.29, 1.82) is 0 Å². The van der Waals surface area contributed by atoms with Crippen molar-refractivity contribution in [3.05, 3.63) is 401 Å². The van der Waals surface area contributed by atoms with Crippen LogP contribution in [-0.2, 0) is 0 Å². The van der Waals surface area contributed by atoms with Gasteiger partial charge in [0.15, 0.2) is 23.3 Å². The summed E-state index contributed by atoms with van der Waals surface area (Å²) in [5, 5.41) is 29.0. The van der Waals surface area contributed by atoms with E-state index in [9.17, 15) is 0 Å². The highest BCUT2D eigenvalue weighted by Gasteiger charge is 2.25. The van der Waals surface area contributed by atoms with Gasteiger partial charge in [-0.1, -0.05) is 334 Å². The first kappa shape index (κ1) is 76.7. The minimum absolute atomic E-state index is 0.595. The molecular weight excluding hydrogens is 1630 g/mol. The molecule has 19 heteroatoms. The molecule has 0 saturated heterocycles. The van der Waals surface area contributed by atoms with Crippen LogP contribution in [0.25, 0.3) is 255 Å². The van der Waals surface area contributed by atoms with Crippen molar-refractivity contribution in [3.8, 4) is 135 Å². The van der Waals surface area contributed by atoms with E-state index in [0.29, 0.717) is 45.4 Å². The van der Waals surface area contributed by atoms with E-state index in [2.05, 4.69) is 204 Å². The summed E-state index contributed by atoms with van der Waals surface area (Å²) in [5.74, 6) is 2.52. The number of rotatable bonds is 12. The van der Waals surface area contributed by atoms with Crippen LogP contribution in [0.2, 0.25) is 0 Å². The molecule has 0 amide bonds. The molecule has 0 spiro atoms. The van der Waals surface area contributed by atoms with E-state index in [0.717, 1.165) is 210 Å². The Hall–Kier alpha value is -17.9. The quantitative estimate of drug-likeness (QED) is 0.103. The molecule has 18 nitrogen and oxygen atoms in total. The number of para-hydroxylation sites is 2. The van der Waals surface area contributed by atoms with Crippen LogP contribution in [0.15, 0.2) is 410 Å². The van der Waals surface area contributed by atoms with E-state index >= 15 is 0 Å². The SMILES string of the molecule is c1ccc(-c2cc(-c3ccc(-c4cc5c(-c6ccccc6)nc6ccccc6c5c5nonc45)cc3)nc(-c3ccccc3)n2)cc1.c1ccc(-c2nc(-c3ccccc3)nc(-c3ccc(-c4cc5c(-c6ccccc6)nc6ccccc6c5c5nonc45)cc3)n2)cc1.c1ccc(-c2nc3cc(-c4ccc5ccc6cccnc6c5n4)ccc3c3c2ccc2nsnc23)cc1. The number of benzene rings is 16. The van der Waals surface area contributed by atoms with E-state index in [-0.39, 0.29) is 0 Å². The Morgan fingerprint density at radius 1 is 0.191 bits per heavy atom. The third kappa shape index (κ3) is 14.2. The number of hydrogen-bond acceptors (Lipinski definition) is 19. The third-order valence-corrected chi connectivity index (χ3v) is 24.5. The highest BCUT2D eigenvalue weighted by molar-refractivity contribution is 7.00. The summed E-state index contributed by atoms with van der Waals surface area (Å²) in [7, 11) is 0. The molecule has 0 bridgehead atoms. The van der Waals surface area contributed by atoms with E-state index in [1.807, 2.05) is 231 Å². The molecule has 10 heterocycles. The molecule has 0 saturated carbocycles. The van der Waals surface area contributed by atoms with Gasteiger partial charge in [-0.05, 0) is 92.4 Å². The van der Waals surface area contributed by atoms with Crippen molar-refractivity contribution in [2.24, 2.45) is 0 Å². The summed E-state index contributed by atoms with van der Waals surface area (Å²) in [6, 6.07) is 133. The Kier molecular flexibility index (Phi) is 19.2. The fourth-order valence-electron chi connectivity index (χ4n) is 17.6. The van der Waals surface area contributed by atoms with Gasteiger partial charge in [0.2, 0.25) is 0 Å². The lowest BCUT2D eigenvalue weighted by Gasteiger charge is -2.13. The predicted octanol–water partition coefficient (Wildman–Crippen LogP) is 27.3. The van der Waals surface area contributed by atoms with Crippen molar-refractivity contribution >= 4 is 132 Å². The number of hydrogen-bond donors (Lipinski definition) is 0. The molecule has 0 radical (unpaired) electrons. The van der Waals surface area contributed by atoms with Gasteiger partial charge in [0, 0.05) is 132 Å². The lowest BCUT2D eigenvalue weighted by molar-refractivity contribution is 0.316. The Bertz CT molecular complexity index is 8420. The highest BCUT2D eigenvalue weighted by Crippen LogP contribution is 2.46. The zero-order chi connectivity index (χ0) is 86.7. The fraction of sp³-hybridized carbons (Fsp3) is 0. The Morgan fingerprint density at radius 2 is 0.565 bits per heavy atom. The van der Waals surface area contributed by atoms with E-state index in [1.54, 1.807) is 0 Å². The van der Waals surface area contributed by atoms with Crippen LogP contribution in [0, 0.1) is 0 Å². The van der Waals surface area contributed by atoms with Crippen molar-refractivity contribution in [2.75, 3.05) is 0 Å². The van der Waals surface area contributed by atoms with E-state index < -0.39 is 0 Å². The van der Waals surface area contributed by atoms with Crippen molar-refractivity contribution in [1.82, 2.24) is 79.2 Å². The molecule has 0 aliphatic carbocycles. The third-order valence-electron chi connectivity index (χ3n) is 23.9. The standard InChI is InChI=1S/C41H25N5O.C40H24N6O.C31H17N5S/c1-4-12-27(13-5-1)35-25-36(44-41(43-35)30-16-8-3-9-17-30)28-22-20-26(21-23-28)32-24-33-37(40-39(32)45-47-46-40)31-18-10-11-19-34(31)42-38(33)29-14-6-2-7-15-29;1-4-12-26(13-5-1)35-32-24-31(36-37(46-47-45-36)34(32)30-18-10-11-19-33(30)41-35)25-20-22-29(23-21-25)40-43-38(27-14-6-2-7-15-27)42-39(44-40)28-16-8-3-9-17-28;1-2-5-18(6-3-1)28-23-13-15-25-31(36-37-35-25)27(23)22-12-10-21(17-26(22)34-28)24-14-11-20-9-8-19-7-4-16-32-29(19)30(20)33-24/h1-25H;1-24H;1-17H. The molecular formula is C112H66N16O2S. The monoisotopic (exact) mass is 1700 g/mol. The molecule has 0 aliphatic heterocycles. The van der Waals surface area contributed by atoms with Gasteiger partial charge in [-0.15, -0.1) is 0 Å². The summed E-state index contributed by atoms with van der Waals surface area (Å²) in [6.07, 6.45) is 1.82. The van der Waals surface area contributed by atoms with Gasteiger partial charge in [-0.25, -0.2) is 54.1 Å². The van der Waals surface area contributed by atoms with Gasteiger partial charge in [0.05, 0.1) is 73.5 Å². The molecule has 0 N–H and O–H groups in total. The van der Waals surface area contributed by atoms with Gasteiger partial charge >= 0.3 is 0 Å². The Labute approximate surface area is 751 Å². The van der Waals surface area contributed by atoms with Gasteiger partial charge in [0.1, 0.15) is 33.1 Å². The van der Waals surface area contributed by atoms with Crippen LogP contribution in [0.3, 0.4) is 0 Å². The lowest BCUT2D eigenvalue weighted by atomic mass is 9.93. The largest absolute Gasteiger partial charge is 0.254 e. The van der Waals surface area contributed by atoms with E-state index in [1.165, 1.54) is 11.7 Å². The van der Waals surface area contributed by atoms with Crippen LogP contribution in [-0.4, -0.2) is 79.2 Å². The number of pyridine rings is 5. The fourth-order valence-corrected chi connectivity index (χ4v) is 18.2. The molecule has 0 unspecified atom stereocenters. The second-order valence-electron chi connectivity index (χ2n) is 31.8. The second-order valence-corrected chi connectivity index (χ2v) is 32.3. The molecule has 612 valence electrons. The zero-order valence-electron chi connectivity index (χ0n) is 69.5. The maximum absolute atomic E-state index is 5.40. The van der Waals surface area contributed by atoms with Crippen LogP contribution in [0.4, 0.5) is 0 Å². The Balaban J connectivity index is 0.000000110. The molecule has 26 rings (SSSR count). The number of fused-ring (bicyclic) bond motifs is 18. The van der Waals surface area contributed by atoms with Gasteiger partial charge in [-0.3, -0.25) is 4.98 Å². The normalized spacial score (nSPS) is 11.5. The second kappa shape index (κ2) is 32.9.